The summed E-state index contributed by atoms with van der Waals surface area (Å²) in [4.78, 5) is 14.1. The normalized spacial score (nSPS) is 25.4. The molecule has 1 saturated carbocycles. The van der Waals surface area contributed by atoms with E-state index in [0.29, 0.717) is 18.9 Å². The van der Waals surface area contributed by atoms with Crippen molar-refractivity contribution in [2.24, 2.45) is 11.7 Å². The van der Waals surface area contributed by atoms with Gasteiger partial charge >= 0.3 is 0 Å². The number of hydrogen-bond acceptors (Lipinski definition) is 2. The van der Waals surface area contributed by atoms with Crippen molar-refractivity contribution in [3.8, 4) is 0 Å². The molecular formula is C16H21FN2O. The highest BCUT2D eigenvalue weighted by Gasteiger charge is 2.38. The molecule has 0 bridgehead atoms. The van der Waals surface area contributed by atoms with Gasteiger partial charge in [-0.15, -0.1) is 0 Å². The number of likely N-dealkylation sites (tertiary alicyclic amines) is 1. The molecular weight excluding hydrogens is 255 g/mol. The summed E-state index contributed by atoms with van der Waals surface area (Å²) >= 11 is 0. The van der Waals surface area contributed by atoms with E-state index >= 15 is 0 Å². The van der Waals surface area contributed by atoms with Gasteiger partial charge in [0.1, 0.15) is 5.82 Å². The molecule has 1 aliphatic carbocycles. The van der Waals surface area contributed by atoms with Crippen molar-refractivity contribution < 1.29 is 9.18 Å². The number of carbonyl (C=O) groups is 1. The summed E-state index contributed by atoms with van der Waals surface area (Å²) in [5.41, 5.74) is 6.97. The zero-order valence-corrected chi connectivity index (χ0v) is 11.6. The fraction of sp³-hybridized carbons (Fsp3) is 0.562. The Kier molecular flexibility index (Phi) is 3.74. The second kappa shape index (κ2) is 5.52. The highest BCUT2D eigenvalue weighted by atomic mass is 19.1. The molecule has 3 nitrogen and oxygen atoms in total. The summed E-state index contributed by atoms with van der Waals surface area (Å²) in [6.45, 7) is 0.622. The maximum Gasteiger partial charge on any atom is 0.224 e. The maximum atomic E-state index is 13.1. The van der Waals surface area contributed by atoms with Gasteiger partial charge in [-0.3, -0.25) is 4.79 Å². The highest BCUT2D eigenvalue weighted by Crippen LogP contribution is 2.41. The lowest BCUT2D eigenvalue weighted by Gasteiger charge is -2.33. The number of benzene rings is 1. The van der Waals surface area contributed by atoms with Crippen molar-refractivity contribution in [1.82, 2.24) is 4.90 Å². The smallest absolute Gasteiger partial charge is 0.224 e. The first-order valence-corrected chi connectivity index (χ1v) is 7.45. The predicted molar refractivity (Wildman–Crippen MR) is 75.4 cm³/mol. The quantitative estimate of drug-likeness (QED) is 0.922. The van der Waals surface area contributed by atoms with E-state index in [1.165, 1.54) is 25.0 Å². The first-order chi connectivity index (χ1) is 9.65. The van der Waals surface area contributed by atoms with Crippen molar-refractivity contribution in [3.05, 3.63) is 35.6 Å². The van der Waals surface area contributed by atoms with Crippen LogP contribution in [0.1, 0.15) is 43.7 Å². The minimum absolute atomic E-state index is 0.0631. The number of hydrogen-bond donors (Lipinski definition) is 1. The molecule has 1 amide bonds. The molecule has 1 saturated heterocycles. The fourth-order valence-corrected chi connectivity index (χ4v) is 3.67. The molecule has 0 radical (unpaired) electrons. The van der Waals surface area contributed by atoms with Gasteiger partial charge in [-0.25, -0.2) is 4.39 Å². The SMILES string of the molecule is NC1CC(=O)N(C(c2ccc(F)cc2)C2CCCC2)C1. The molecule has 0 aromatic heterocycles. The van der Waals surface area contributed by atoms with Crippen molar-refractivity contribution in [2.45, 2.75) is 44.2 Å². The Balaban J connectivity index is 1.91. The summed E-state index contributed by atoms with van der Waals surface area (Å²) in [5.74, 6) is 0.386. The Morgan fingerprint density at radius 1 is 1.20 bits per heavy atom. The number of amides is 1. The fourth-order valence-electron chi connectivity index (χ4n) is 3.67. The van der Waals surface area contributed by atoms with Gasteiger partial charge in [-0.2, -0.15) is 0 Å². The van der Waals surface area contributed by atoms with E-state index in [1.54, 1.807) is 0 Å². The number of halogens is 1. The van der Waals surface area contributed by atoms with Crippen LogP contribution in [0.2, 0.25) is 0 Å². The number of nitrogens with two attached hydrogens (primary N) is 1. The molecule has 20 heavy (non-hydrogen) atoms. The molecule has 2 atom stereocenters. The van der Waals surface area contributed by atoms with Crippen LogP contribution in [0.5, 0.6) is 0 Å². The van der Waals surface area contributed by atoms with Crippen molar-refractivity contribution in [2.75, 3.05) is 6.54 Å². The number of rotatable bonds is 3. The zero-order valence-electron chi connectivity index (χ0n) is 11.6. The zero-order chi connectivity index (χ0) is 14.1. The van der Waals surface area contributed by atoms with Gasteiger partial charge in [0.2, 0.25) is 5.91 Å². The monoisotopic (exact) mass is 276 g/mol. The molecule has 2 aliphatic rings. The van der Waals surface area contributed by atoms with Crippen LogP contribution in [-0.2, 0) is 4.79 Å². The van der Waals surface area contributed by atoms with E-state index < -0.39 is 0 Å². The minimum atomic E-state index is -0.233. The summed E-state index contributed by atoms with van der Waals surface area (Å²) in [6, 6.07) is 6.60. The Morgan fingerprint density at radius 2 is 1.85 bits per heavy atom. The van der Waals surface area contributed by atoms with Crippen LogP contribution >= 0.6 is 0 Å². The first-order valence-electron chi connectivity index (χ1n) is 7.45. The summed E-state index contributed by atoms with van der Waals surface area (Å²) in [6.07, 6.45) is 5.15. The van der Waals surface area contributed by atoms with Crippen molar-refractivity contribution in [3.63, 3.8) is 0 Å². The summed E-state index contributed by atoms with van der Waals surface area (Å²) in [7, 11) is 0. The van der Waals surface area contributed by atoms with Gasteiger partial charge in [-0.1, -0.05) is 25.0 Å². The number of carbonyl (C=O) groups excluding carboxylic acids is 1. The van der Waals surface area contributed by atoms with E-state index in [1.807, 2.05) is 17.0 Å². The Morgan fingerprint density at radius 3 is 2.40 bits per heavy atom. The third-order valence-electron chi connectivity index (χ3n) is 4.58. The van der Waals surface area contributed by atoms with Gasteiger partial charge in [0.15, 0.2) is 0 Å². The lowest BCUT2D eigenvalue weighted by Crippen LogP contribution is -2.35. The molecule has 4 heteroatoms. The maximum absolute atomic E-state index is 13.1. The van der Waals surface area contributed by atoms with Gasteiger partial charge in [0.25, 0.3) is 0 Å². The van der Waals surface area contributed by atoms with Crippen molar-refractivity contribution >= 4 is 5.91 Å². The van der Waals surface area contributed by atoms with Crippen LogP contribution < -0.4 is 5.73 Å². The Labute approximate surface area is 118 Å². The standard InChI is InChI=1S/C16H21FN2O/c17-13-7-5-12(6-8-13)16(11-3-1-2-4-11)19-10-14(18)9-15(19)20/h5-8,11,14,16H,1-4,9-10,18H2. The second-order valence-corrected chi connectivity index (χ2v) is 6.05. The average Bonchev–Trinajstić information content (AvgIpc) is 3.03. The molecule has 2 N–H and O–H groups in total. The largest absolute Gasteiger partial charge is 0.334 e. The molecule has 2 fully saturated rings. The lowest BCUT2D eigenvalue weighted by atomic mass is 9.90. The Bertz CT molecular complexity index is 482. The molecule has 3 rings (SSSR count). The molecule has 1 aromatic rings. The van der Waals surface area contributed by atoms with E-state index in [2.05, 4.69) is 0 Å². The highest BCUT2D eigenvalue weighted by molar-refractivity contribution is 5.79. The van der Waals surface area contributed by atoms with Crippen LogP contribution in [0.25, 0.3) is 0 Å². The van der Waals surface area contributed by atoms with E-state index in [0.717, 1.165) is 18.4 Å². The van der Waals surface area contributed by atoms with E-state index in [-0.39, 0.29) is 23.8 Å². The van der Waals surface area contributed by atoms with Crippen LogP contribution in [0.3, 0.4) is 0 Å². The first kappa shape index (κ1) is 13.6. The summed E-state index contributed by atoms with van der Waals surface area (Å²) < 4.78 is 13.1. The molecule has 1 aromatic carbocycles. The second-order valence-electron chi connectivity index (χ2n) is 6.05. The molecule has 0 spiro atoms. The van der Waals surface area contributed by atoms with Gasteiger partial charge in [0, 0.05) is 19.0 Å². The molecule has 2 unspecified atom stereocenters. The molecule has 108 valence electrons. The van der Waals surface area contributed by atoms with Gasteiger partial charge in [0.05, 0.1) is 6.04 Å². The van der Waals surface area contributed by atoms with Crippen molar-refractivity contribution in [1.29, 1.82) is 0 Å². The van der Waals surface area contributed by atoms with Gasteiger partial charge in [-0.05, 0) is 36.5 Å². The van der Waals surface area contributed by atoms with Crippen LogP contribution in [0.4, 0.5) is 4.39 Å². The van der Waals surface area contributed by atoms with Gasteiger partial charge < -0.3 is 10.6 Å². The third kappa shape index (κ3) is 2.57. The minimum Gasteiger partial charge on any atom is -0.334 e. The van der Waals surface area contributed by atoms with E-state index in [9.17, 15) is 9.18 Å². The Hall–Kier alpha value is -1.42. The molecule has 1 aliphatic heterocycles. The van der Waals surface area contributed by atoms with Crippen LogP contribution in [-0.4, -0.2) is 23.4 Å². The predicted octanol–water partition coefficient (Wildman–Crippen LogP) is 2.62. The third-order valence-corrected chi connectivity index (χ3v) is 4.58. The summed E-state index contributed by atoms with van der Waals surface area (Å²) in [5, 5.41) is 0. The lowest BCUT2D eigenvalue weighted by molar-refractivity contribution is -0.130. The topological polar surface area (TPSA) is 46.3 Å². The van der Waals surface area contributed by atoms with Crippen LogP contribution in [0, 0.1) is 11.7 Å². The van der Waals surface area contributed by atoms with Crippen LogP contribution in [0.15, 0.2) is 24.3 Å². The molecule has 1 heterocycles. The van der Waals surface area contributed by atoms with E-state index in [4.69, 9.17) is 5.73 Å². The number of nitrogens with zero attached hydrogens (tertiary/aromatic N) is 1. The average molecular weight is 276 g/mol.